The number of carboxylic acid groups (broad SMARTS) is 1. The number of hydrogen-bond donors (Lipinski definition) is 4. The van der Waals surface area contributed by atoms with E-state index in [4.69, 9.17) is 10.8 Å². The molecule has 1 aromatic carbocycles. The van der Waals surface area contributed by atoms with Crippen molar-refractivity contribution in [2.24, 2.45) is 0 Å². The summed E-state index contributed by atoms with van der Waals surface area (Å²) in [4.78, 5) is 10.8. The molecule has 0 radical (unpaired) electrons. The largest absolute Gasteiger partial charge is 0.478 e. The Morgan fingerprint density at radius 1 is 1.33 bits per heavy atom. The van der Waals surface area contributed by atoms with Crippen LogP contribution in [-0.4, -0.2) is 36.7 Å². The van der Waals surface area contributed by atoms with Crippen molar-refractivity contribution < 1.29 is 23.4 Å². The standard InChI is InChI=1S/C13H20N2O5S/c1-3-13(4-2,8-16)15-21(19,20)11-6-5-9(14)7-10(11)12(17)18/h5-7,15-16H,3-4,8,14H2,1-2H3,(H,17,18). The first-order chi connectivity index (χ1) is 9.71. The highest BCUT2D eigenvalue weighted by Gasteiger charge is 2.33. The van der Waals surface area contributed by atoms with Crippen molar-refractivity contribution in [1.82, 2.24) is 4.72 Å². The first-order valence-electron chi connectivity index (χ1n) is 6.49. The van der Waals surface area contributed by atoms with Crippen molar-refractivity contribution in [3.8, 4) is 0 Å². The predicted octanol–water partition coefficient (Wildman–Crippen LogP) is 0.796. The van der Waals surface area contributed by atoms with Gasteiger partial charge in [0.05, 0.1) is 22.6 Å². The molecule has 7 nitrogen and oxygen atoms in total. The molecule has 0 aromatic heterocycles. The summed E-state index contributed by atoms with van der Waals surface area (Å²) in [5.41, 5.74) is 4.23. The van der Waals surface area contributed by atoms with Gasteiger partial charge in [0.15, 0.2) is 0 Å². The molecule has 0 aliphatic rings. The van der Waals surface area contributed by atoms with E-state index >= 15 is 0 Å². The zero-order chi connectivity index (χ0) is 16.3. The molecule has 5 N–H and O–H groups in total. The molecule has 8 heteroatoms. The summed E-state index contributed by atoms with van der Waals surface area (Å²) in [7, 11) is -4.09. The monoisotopic (exact) mass is 316 g/mol. The third kappa shape index (κ3) is 3.72. The highest BCUT2D eigenvalue weighted by Crippen LogP contribution is 2.23. The van der Waals surface area contributed by atoms with Crippen LogP contribution in [0.1, 0.15) is 37.0 Å². The number of nitrogens with one attached hydrogen (secondary N) is 1. The van der Waals surface area contributed by atoms with Gasteiger partial charge in [-0.2, -0.15) is 0 Å². The van der Waals surface area contributed by atoms with E-state index in [1.165, 1.54) is 6.07 Å². The van der Waals surface area contributed by atoms with Crippen molar-refractivity contribution in [1.29, 1.82) is 0 Å². The average Bonchev–Trinajstić information content (AvgIpc) is 2.44. The van der Waals surface area contributed by atoms with E-state index in [1.807, 2.05) is 0 Å². The summed E-state index contributed by atoms with van der Waals surface area (Å²) in [5.74, 6) is -1.38. The number of nitrogen functional groups attached to an aromatic ring is 1. The summed E-state index contributed by atoms with van der Waals surface area (Å²) in [6.07, 6.45) is 0.743. The molecule has 0 spiro atoms. The van der Waals surface area contributed by atoms with Gasteiger partial charge in [0.2, 0.25) is 10.0 Å². The normalized spacial score (nSPS) is 12.3. The Balaban J connectivity index is 3.35. The Kier molecular flexibility index (Phi) is 5.32. The molecule has 0 atom stereocenters. The molecule has 21 heavy (non-hydrogen) atoms. The highest BCUT2D eigenvalue weighted by atomic mass is 32.2. The zero-order valence-electron chi connectivity index (χ0n) is 12.0. The molecule has 0 aliphatic heterocycles. The Bertz CT molecular complexity index is 615. The lowest BCUT2D eigenvalue weighted by molar-refractivity contribution is 0.0692. The Labute approximate surface area is 123 Å². The number of anilines is 1. The number of aliphatic hydroxyl groups is 1. The zero-order valence-corrected chi connectivity index (χ0v) is 12.8. The number of sulfonamides is 1. The van der Waals surface area contributed by atoms with Crippen LogP contribution in [0.3, 0.4) is 0 Å². The number of carbonyl (C=O) groups is 1. The lowest BCUT2D eigenvalue weighted by atomic mass is 9.96. The van der Waals surface area contributed by atoms with Gasteiger partial charge in [-0.3, -0.25) is 0 Å². The van der Waals surface area contributed by atoms with Gasteiger partial charge in [-0.25, -0.2) is 17.9 Å². The fourth-order valence-corrected chi connectivity index (χ4v) is 3.66. The van der Waals surface area contributed by atoms with Crippen molar-refractivity contribution >= 4 is 21.7 Å². The Morgan fingerprint density at radius 3 is 2.33 bits per heavy atom. The molecule has 1 aromatic rings. The van der Waals surface area contributed by atoms with Gasteiger partial charge >= 0.3 is 5.97 Å². The molecule has 0 amide bonds. The van der Waals surface area contributed by atoms with E-state index in [9.17, 15) is 18.3 Å². The number of benzene rings is 1. The van der Waals surface area contributed by atoms with Crippen LogP contribution >= 0.6 is 0 Å². The van der Waals surface area contributed by atoms with Crippen molar-refractivity contribution in [3.63, 3.8) is 0 Å². The van der Waals surface area contributed by atoms with Crippen LogP contribution in [0.5, 0.6) is 0 Å². The van der Waals surface area contributed by atoms with E-state index < -0.39 is 27.1 Å². The van der Waals surface area contributed by atoms with E-state index in [2.05, 4.69) is 4.72 Å². The van der Waals surface area contributed by atoms with Crippen LogP contribution in [0.2, 0.25) is 0 Å². The van der Waals surface area contributed by atoms with E-state index in [-0.39, 0.29) is 17.2 Å². The molecule has 0 saturated carbocycles. The third-order valence-corrected chi connectivity index (χ3v) is 5.17. The van der Waals surface area contributed by atoms with Crippen LogP contribution in [0.15, 0.2) is 23.1 Å². The van der Waals surface area contributed by atoms with Gasteiger partial charge in [0, 0.05) is 5.69 Å². The molecule has 1 rings (SSSR count). The summed E-state index contributed by atoms with van der Waals surface area (Å²) >= 11 is 0. The second kappa shape index (κ2) is 6.42. The maximum atomic E-state index is 12.4. The maximum Gasteiger partial charge on any atom is 0.337 e. The maximum absolute atomic E-state index is 12.4. The molecule has 0 aliphatic carbocycles. The fourth-order valence-electron chi connectivity index (χ4n) is 1.94. The minimum absolute atomic E-state index is 0.158. The smallest absolute Gasteiger partial charge is 0.337 e. The molecule has 0 fully saturated rings. The van der Waals surface area contributed by atoms with E-state index in [0.29, 0.717) is 12.8 Å². The highest BCUT2D eigenvalue weighted by molar-refractivity contribution is 7.89. The van der Waals surface area contributed by atoms with Crippen LogP contribution in [-0.2, 0) is 10.0 Å². The van der Waals surface area contributed by atoms with Gasteiger partial charge in [-0.1, -0.05) is 13.8 Å². The van der Waals surface area contributed by atoms with E-state index in [1.54, 1.807) is 13.8 Å². The summed E-state index contributed by atoms with van der Waals surface area (Å²) in [5, 5.41) is 18.6. The second-order valence-corrected chi connectivity index (χ2v) is 6.46. The van der Waals surface area contributed by atoms with Gasteiger partial charge in [-0.05, 0) is 31.0 Å². The van der Waals surface area contributed by atoms with Crippen LogP contribution in [0, 0.1) is 0 Å². The van der Waals surface area contributed by atoms with Gasteiger partial charge in [0.1, 0.15) is 0 Å². The summed E-state index contributed by atoms with van der Waals surface area (Å²) in [6, 6.07) is 3.56. The predicted molar refractivity (Wildman–Crippen MR) is 78.5 cm³/mol. The third-order valence-electron chi connectivity index (χ3n) is 3.53. The molecular formula is C13H20N2O5S. The summed E-state index contributed by atoms with van der Waals surface area (Å²) < 4.78 is 27.3. The topological polar surface area (TPSA) is 130 Å². The number of carboxylic acids is 1. The molecule has 0 unspecified atom stereocenters. The summed E-state index contributed by atoms with van der Waals surface area (Å²) in [6.45, 7) is 3.10. The van der Waals surface area contributed by atoms with Crippen LogP contribution < -0.4 is 10.5 Å². The number of aromatic carboxylic acids is 1. The molecule has 0 heterocycles. The second-order valence-electron chi connectivity index (χ2n) is 4.81. The lowest BCUT2D eigenvalue weighted by Gasteiger charge is -2.30. The minimum atomic E-state index is -4.09. The average molecular weight is 316 g/mol. The fraction of sp³-hybridized carbons (Fsp3) is 0.462. The van der Waals surface area contributed by atoms with Crippen LogP contribution in [0.25, 0.3) is 0 Å². The molecular weight excluding hydrogens is 296 g/mol. The quantitative estimate of drug-likeness (QED) is 0.550. The van der Waals surface area contributed by atoms with Gasteiger partial charge in [-0.15, -0.1) is 0 Å². The number of nitrogens with two attached hydrogens (primary N) is 1. The minimum Gasteiger partial charge on any atom is -0.478 e. The first kappa shape index (κ1) is 17.4. The lowest BCUT2D eigenvalue weighted by Crippen LogP contribution is -2.50. The molecule has 0 bridgehead atoms. The number of hydrogen-bond acceptors (Lipinski definition) is 5. The SMILES string of the molecule is CCC(CC)(CO)NS(=O)(=O)c1ccc(N)cc1C(=O)O. The van der Waals surface area contributed by atoms with Crippen molar-refractivity contribution in [2.45, 2.75) is 37.1 Å². The van der Waals surface area contributed by atoms with Crippen molar-refractivity contribution in [2.75, 3.05) is 12.3 Å². The molecule has 118 valence electrons. The van der Waals surface area contributed by atoms with Gasteiger partial charge < -0.3 is 15.9 Å². The number of rotatable bonds is 7. The van der Waals surface area contributed by atoms with E-state index in [0.717, 1.165) is 12.1 Å². The van der Waals surface area contributed by atoms with Crippen LogP contribution in [0.4, 0.5) is 5.69 Å². The first-order valence-corrected chi connectivity index (χ1v) is 7.97. The Hall–Kier alpha value is -1.64. The Morgan fingerprint density at radius 2 is 1.90 bits per heavy atom. The number of aliphatic hydroxyl groups excluding tert-OH is 1. The van der Waals surface area contributed by atoms with Gasteiger partial charge in [0.25, 0.3) is 0 Å². The molecule has 0 saturated heterocycles. The van der Waals surface area contributed by atoms with Crippen molar-refractivity contribution in [3.05, 3.63) is 23.8 Å².